The summed E-state index contributed by atoms with van der Waals surface area (Å²) in [6, 6.07) is 0.746. The lowest BCUT2D eigenvalue weighted by atomic mass is 9.86. The Morgan fingerprint density at radius 3 is 2.56 bits per heavy atom. The van der Waals surface area contributed by atoms with Crippen LogP contribution in [0.25, 0.3) is 0 Å². The van der Waals surface area contributed by atoms with Gasteiger partial charge >= 0.3 is 0 Å². The minimum atomic E-state index is -0.195. The Bertz CT molecular complexity index is 258. The van der Waals surface area contributed by atoms with Crippen LogP contribution in [0.15, 0.2) is 5.16 Å². The molecule has 0 aliphatic heterocycles. The van der Waals surface area contributed by atoms with Gasteiger partial charge < -0.3 is 16.3 Å². The summed E-state index contributed by atoms with van der Waals surface area (Å²) in [5.74, 6) is 0.336. The van der Waals surface area contributed by atoms with Gasteiger partial charge in [-0.2, -0.15) is 0 Å². The molecule has 1 aliphatic rings. The Morgan fingerprint density at radius 1 is 1.28 bits per heavy atom. The molecule has 1 rings (SSSR count). The van der Waals surface area contributed by atoms with Crippen molar-refractivity contribution < 1.29 is 5.21 Å². The minimum absolute atomic E-state index is 0.195. The zero-order chi connectivity index (χ0) is 13.4. The normalized spacial score (nSPS) is 19.1. The predicted octanol–water partition coefficient (Wildman–Crippen LogP) is 2.85. The maximum absolute atomic E-state index is 8.69. The summed E-state index contributed by atoms with van der Waals surface area (Å²) in [5, 5.41) is 15.4. The van der Waals surface area contributed by atoms with Gasteiger partial charge in [0.15, 0.2) is 0 Å². The number of nitrogens with one attached hydrogen (secondary N) is 1. The summed E-state index contributed by atoms with van der Waals surface area (Å²) in [5.41, 5.74) is 5.47. The van der Waals surface area contributed by atoms with Crippen molar-refractivity contribution >= 4 is 5.84 Å². The monoisotopic (exact) mass is 255 g/mol. The second-order valence-corrected chi connectivity index (χ2v) is 6.12. The van der Waals surface area contributed by atoms with Crippen molar-refractivity contribution in [3.63, 3.8) is 0 Å². The molecule has 0 saturated heterocycles. The summed E-state index contributed by atoms with van der Waals surface area (Å²) >= 11 is 0. The van der Waals surface area contributed by atoms with Gasteiger partial charge in [0.05, 0.1) is 0 Å². The van der Waals surface area contributed by atoms with Gasteiger partial charge in [-0.3, -0.25) is 0 Å². The number of rotatable bonds is 7. The molecule has 0 bridgehead atoms. The standard InChI is InChI=1S/C14H29N3O/c1-14(2,13(15)17-18)10-6-7-11-16-12-8-4-3-5-9-12/h12,16,18H,3-11H2,1-2H3,(H2,15,17). The fourth-order valence-corrected chi connectivity index (χ4v) is 2.57. The van der Waals surface area contributed by atoms with Crippen LogP contribution in [0.5, 0.6) is 0 Å². The smallest absolute Gasteiger partial charge is 0.144 e. The molecule has 0 radical (unpaired) electrons. The molecule has 0 aromatic carbocycles. The fraction of sp³-hybridized carbons (Fsp3) is 0.929. The molecule has 18 heavy (non-hydrogen) atoms. The largest absolute Gasteiger partial charge is 0.409 e. The van der Waals surface area contributed by atoms with Gasteiger partial charge in [-0.25, -0.2) is 0 Å². The minimum Gasteiger partial charge on any atom is -0.409 e. The molecular weight excluding hydrogens is 226 g/mol. The molecule has 1 saturated carbocycles. The number of amidine groups is 1. The number of nitrogens with zero attached hydrogens (tertiary/aromatic N) is 1. The third kappa shape index (κ3) is 5.25. The molecule has 0 heterocycles. The number of nitrogens with two attached hydrogens (primary N) is 1. The number of hydrogen-bond acceptors (Lipinski definition) is 3. The topological polar surface area (TPSA) is 70.6 Å². The molecule has 0 amide bonds. The summed E-state index contributed by atoms with van der Waals surface area (Å²) in [7, 11) is 0. The van der Waals surface area contributed by atoms with Crippen molar-refractivity contribution in [2.45, 2.75) is 71.3 Å². The van der Waals surface area contributed by atoms with E-state index in [9.17, 15) is 0 Å². The van der Waals surface area contributed by atoms with Crippen LogP contribution in [-0.2, 0) is 0 Å². The zero-order valence-electron chi connectivity index (χ0n) is 11.9. The molecule has 106 valence electrons. The molecule has 0 spiro atoms. The van der Waals surface area contributed by atoms with Gasteiger partial charge in [-0.15, -0.1) is 0 Å². The van der Waals surface area contributed by atoms with E-state index in [1.165, 1.54) is 38.5 Å². The lowest BCUT2D eigenvalue weighted by Gasteiger charge is -2.24. The summed E-state index contributed by atoms with van der Waals surface area (Å²) in [4.78, 5) is 0. The lowest BCUT2D eigenvalue weighted by molar-refractivity contribution is 0.303. The summed E-state index contributed by atoms with van der Waals surface area (Å²) in [6.45, 7) is 5.14. The molecular formula is C14H29N3O. The SMILES string of the molecule is CC(C)(CCCCNC1CCCCC1)C(N)=NO. The van der Waals surface area contributed by atoms with Crippen molar-refractivity contribution in [3.05, 3.63) is 0 Å². The van der Waals surface area contributed by atoms with E-state index in [1.54, 1.807) is 0 Å². The first-order valence-corrected chi connectivity index (χ1v) is 7.27. The Kier molecular flexibility index (Phi) is 6.47. The van der Waals surface area contributed by atoms with Gasteiger partial charge in [-0.1, -0.05) is 44.7 Å². The number of oxime groups is 1. The lowest BCUT2D eigenvalue weighted by Crippen LogP contribution is -2.33. The van der Waals surface area contributed by atoms with Gasteiger partial charge in [-0.05, 0) is 32.2 Å². The van der Waals surface area contributed by atoms with E-state index < -0.39 is 0 Å². The van der Waals surface area contributed by atoms with Crippen molar-refractivity contribution in [2.75, 3.05) is 6.54 Å². The van der Waals surface area contributed by atoms with E-state index in [2.05, 4.69) is 10.5 Å². The average Bonchev–Trinajstić information content (AvgIpc) is 2.38. The van der Waals surface area contributed by atoms with E-state index >= 15 is 0 Å². The maximum Gasteiger partial charge on any atom is 0.144 e. The van der Waals surface area contributed by atoms with Crippen LogP contribution >= 0.6 is 0 Å². The molecule has 0 unspecified atom stereocenters. The fourth-order valence-electron chi connectivity index (χ4n) is 2.57. The van der Waals surface area contributed by atoms with Gasteiger partial charge in [0.2, 0.25) is 0 Å². The Morgan fingerprint density at radius 2 is 1.94 bits per heavy atom. The van der Waals surface area contributed by atoms with E-state index in [-0.39, 0.29) is 5.41 Å². The maximum atomic E-state index is 8.69. The quantitative estimate of drug-likeness (QED) is 0.215. The van der Waals surface area contributed by atoms with Crippen LogP contribution < -0.4 is 11.1 Å². The number of unbranched alkanes of at least 4 members (excludes halogenated alkanes) is 1. The highest BCUT2D eigenvalue weighted by atomic mass is 16.4. The van der Waals surface area contributed by atoms with Gasteiger partial charge in [0.1, 0.15) is 5.84 Å². The second kappa shape index (κ2) is 7.62. The first-order valence-electron chi connectivity index (χ1n) is 7.27. The Labute approximate surface area is 111 Å². The first-order chi connectivity index (χ1) is 8.56. The second-order valence-electron chi connectivity index (χ2n) is 6.12. The van der Waals surface area contributed by atoms with Crippen molar-refractivity contribution in [1.29, 1.82) is 0 Å². The zero-order valence-corrected chi connectivity index (χ0v) is 11.9. The third-order valence-corrected chi connectivity index (χ3v) is 4.07. The third-order valence-electron chi connectivity index (χ3n) is 4.07. The molecule has 4 nitrogen and oxygen atoms in total. The molecule has 1 fully saturated rings. The van der Waals surface area contributed by atoms with Crippen molar-refractivity contribution in [3.8, 4) is 0 Å². The van der Waals surface area contributed by atoms with E-state index in [0.717, 1.165) is 25.4 Å². The highest BCUT2D eigenvalue weighted by Crippen LogP contribution is 2.23. The Balaban J connectivity index is 2.07. The van der Waals surface area contributed by atoms with Gasteiger partial charge in [0.25, 0.3) is 0 Å². The van der Waals surface area contributed by atoms with Crippen molar-refractivity contribution in [1.82, 2.24) is 5.32 Å². The van der Waals surface area contributed by atoms with Crippen LogP contribution in [0, 0.1) is 5.41 Å². The van der Waals surface area contributed by atoms with Crippen LogP contribution in [0.3, 0.4) is 0 Å². The van der Waals surface area contributed by atoms with Crippen molar-refractivity contribution in [2.24, 2.45) is 16.3 Å². The van der Waals surface area contributed by atoms with Crippen LogP contribution in [0.4, 0.5) is 0 Å². The van der Waals surface area contributed by atoms with Crippen LogP contribution in [0.2, 0.25) is 0 Å². The molecule has 0 aromatic heterocycles. The molecule has 1 aliphatic carbocycles. The Hall–Kier alpha value is -0.770. The molecule has 0 atom stereocenters. The van der Waals surface area contributed by atoms with E-state index in [0.29, 0.717) is 5.84 Å². The average molecular weight is 255 g/mol. The summed E-state index contributed by atoms with van der Waals surface area (Å²) < 4.78 is 0. The summed E-state index contributed by atoms with van der Waals surface area (Å²) in [6.07, 6.45) is 10.1. The van der Waals surface area contributed by atoms with Crippen LogP contribution in [-0.4, -0.2) is 23.6 Å². The molecule has 4 heteroatoms. The predicted molar refractivity (Wildman–Crippen MR) is 75.9 cm³/mol. The molecule has 0 aromatic rings. The van der Waals surface area contributed by atoms with Gasteiger partial charge in [0, 0.05) is 11.5 Å². The highest BCUT2D eigenvalue weighted by molar-refractivity contribution is 5.85. The highest BCUT2D eigenvalue weighted by Gasteiger charge is 2.22. The first kappa shape index (κ1) is 15.3. The molecule has 4 N–H and O–H groups in total. The van der Waals surface area contributed by atoms with E-state index in [4.69, 9.17) is 10.9 Å². The number of hydrogen-bond donors (Lipinski definition) is 3. The van der Waals surface area contributed by atoms with E-state index in [1.807, 2.05) is 13.8 Å². The van der Waals surface area contributed by atoms with Crippen LogP contribution in [0.1, 0.15) is 65.2 Å².